The van der Waals surface area contributed by atoms with Crippen LogP contribution < -0.4 is 10.5 Å². The molecule has 19 heavy (non-hydrogen) atoms. The maximum Gasteiger partial charge on any atom is 0.263 e. The van der Waals surface area contributed by atoms with Crippen LogP contribution in [0.15, 0.2) is 41.4 Å². The molecule has 6 nitrogen and oxygen atoms in total. The molecule has 1 heterocycles. The van der Waals surface area contributed by atoms with Gasteiger partial charge < -0.3 is 5.73 Å². The number of aryl methyl sites for hydroxylation is 1. The van der Waals surface area contributed by atoms with Crippen LogP contribution in [0.3, 0.4) is 0 Å². The molecule has 0 unspecified atom stereocenters. The largest absolute Gasteiger partial charge is 0.389 e. The molecule has 2 rings (SSSR count). The molecule has 0 aliphatic carbocycles. The van der Waals surface area contributed by atoms with Crippen molar-refractivity contribution in [1.29, 1.82) is 0 Å². The van der Waals surface area contributed by atoms with Crippen molar-refractivity contribution in [2.24, 2.45) is 12.8 Å². The van der Waals surface area contributed by atoms with Crippen molar-refractivity contribution in [2.45, 2.75) is 4.90 Å². The van der Waals surface area contributed by atoms with Gasteiger partial charge in [-0.05, 0) is 12.1 Å². The van der Waals surface area contributed by atoms with E-state index in [1.54, 1.807) is 31.4 Å². The van der Waals surface area contributed by atoms with E-state index in [-0.39, 0.29) is 15.7 Å². The molecule has 8 heteroatoms. The SMILES string of the molecule is Cn1ccc(NS(=O)(=O)c2cccc(C(N)=S)c2)n1. The first-order valence-corrected chi connectivity index (χ1v) is 7.20. The fraction of sp³-hybridized carbons (Fsp3) is 0.0909. The molecule has 0 atom stereocenters. The minimum Gasteiger partial charge on any atom is -0.389 e. The predicted molar refractivity (Wildman–Crippen MR) is 76.3 cm³/mol. The Morgan fingerprint density at radius 3 is 2.74 bits per heavy atom. The summed E-state index contributed by atoms with van der Waals surface area (Å²) in [7, 11) is -2.00. The lowest BCUT2D eigenvalue weighted by atomic mass is 10.2. The summed E-state index contributed by atoms with van der Waals surface area (Å²) in [4.78, 5) is 0.235. The van der Waals surface area contributed by atoms with Crippen LogP contribution in [0, 0.1) is 0 Å². The second-order valence-electron chi connectivity index (χ2n) is 3.87. The van der Waals surface area contributed by atoms with E-state index < -0.39 is 10.0 Å². The van der Waals surface area contributed by atoms with Gasteiger partial charge >= 0.3 is 0 Å². The van der Waals surface area contributed by atoms with Crippen LogP contribution in [0.1, 0.15) is 5.56 Å². The summed E-state index contributed by atoms with van der Waals surface area (Å²) in [5.41, 5.74) is 5.98. The summed E-state index contributed by atoms with van der Waals surface area (Å²) in [6.07, 6.45) is 1.64. The van der Waals surface area contributed by atoms with E-state index in [2.05, 4.69) is 9.82 Å². The number of hydrogen-bond donors (Lipinski definition) is 2. The predicted octanol–water partition coefficient (Wildman–Crippen LogP) is 0.855. The molecule has 0 aliphatic heterocycles. The number of hydrogen-bond acceptors (Lipinski definition) is 4. The highest BCUT2D eigenvalue weighted by Gasteiger charge is 2.16. The van der Waals surface area contributed by atoms with Crippen molar-refractivity contribution >= 4 is 33.0 Å². The number of nitrogens with zero attached hydrogens (tertiary/aromatic N) is 2. The quantitative estimate of drug-likeness (QED) is 0.817. The Labute approximate surface area is 116 Å². The van der Waals surface area contributed by atoms with E-state index in [1.807, 2.05) is 0 Å². The third-order valence-electron chi connectivity index (χ3n) is 2.38. The number of nitrogens with two attached hydrogens (primary N) is 1. The molecule has 3 N–H and O–H groups in total. The molecule has 100 valence electrons. The van der Waals surface area contributed by atoms with Gasteiger partial charge in [-0.25, -0.2) is 8.42 Å². The minimum atomic E-state index is -3.70. The average molecular weight is 296 g/mol. The van der Waals surface area contributed by atoms with E-state index >= 15 is 0 Å². The normalized spacial score (nSPS) is 11.2. The summed E-state index contributed by atoms with van der Waals surface area (Å²) in [6, 6.07) is 7.69. The smallest absolute Gasteiger partial charge is 0.263 e. The van der Waals surface area contributed by atoms with Gasteiger partial charge in [-0.2, -0.15) is 5.10 Å². The molecule has 1 aromatic carbocycles. The lowest BCUT2D eigenvalue weighted by molar-refractivity contribution is 0.601. The Bertz CT molecular complexity index is 722. The highest BCUT2D eigenvalue weighted by molar-refractivity contribution is 7.92. The number of thiocarbonyl (C=S) groups is 1. The second-order valence-corrected chi connectivity index (χ2v) is 5.99. The molecule has 0 fully saturated rings. The summed E-state index contributed by atoms with van der Waals surface area (Å²) >= 11 is 4.82. The summed E-state index contributed by atoms with van der Waals surface area (Å²) < 4.78 is 28.2. The zero-order chi connectivity index (χ0) is 14.0. The second kappa shape index (κ2) is 4.98. The molecular weight excluding hydrogens is 284 g/mol. The Morgan fingerprint density at radius 1 is 1.42 bits per heavy atom. The van der Waals surface area contributed by atoms with Gasteiger partial charge in [0.1, 0.15) is 4.99 Å². The fourth-order valence-corrected chi connectivity index (χ4v) is 2.65. The van der Waals surface area contributed by atoms with Gasteiger partial charge in [0.25, 0.3) is 10.0 Å². The van der Waals surface area contributed by atoms with E-state index in [0.29, 0.717) is 5.56 Å². The highest BCUT2D eigenvalue weighted by Crippen LogP contribution is 2.15. The molecular formula is C11H12N4O2S2. The molecule has 0 radical (unpaired) electrons. The number of nitrogens with one attached hydrogen (secondary N) is 1. The zero-order valence-electron chi connectivity index (χ0n) is 10.1. The van der Waals surface area contributed by atoms with Crippen molar-refractivity contribution < 1.29 is 8.42 Å². The summed E-state index contributed by atoms with van der Waals surface area (Å²) in [5.74, 6) is 0.253. The van der Waals surface area contributed by atoms with E-state index in [9.17, 15) is 8.42 Å². The average Bonchev–Trinajstić information content (AvgIpc) is 2.74. The molecule has 1 aromatic heterocycles. The van der Waals surface area contributed by atoms with Crippen molar-refractivity contribution in [1.82, 2.24) is 9.78 Å². The molecule has 0 spiro atoms. The number of anilines is 1. The number of benzene rings is 1. The van der Waals surface area contributed by atoms with Crippen molar-refractivity contribution in [3.05, 3.63) is 42.1 Å². The summed E-state index contributed by atoms with van der Waals surface area (Å²) in [5, 5.41) is 3.95. The topological polar surface area (TPSA) is 90.0 Å². The van der Waals surface area contributed by atoms with Gasteiger partial charge in [0.2, 0.25) is 0 Å². The van der Waals surface area contributed by atoms with E-state index in [1.165, 1.54) is 16.8 Å². The van der Waals surface area contributed by atoms with Gasteiger partial charge in [-0.1, -0.05) is 24.4 Å². The van der Waals surface area contributed by atoms with Crippen LogP contribution in [0.2, 0.25) is 0 Å². The van der Waals surface area contributed by atoms with Crippen LogP contribution in [0.4, 0.5) is 5.82 Å². The monoisotopic (exact) mass is 296 g/mol. The lowest BCUT2D eigenvalue weighted by Gasteiger charge is -2.06. The highest BCUT2D eigenvalue weighted by atomic mass is 32.2. The van der Waals surface area contributed by atoms with Crippen molar-refractivity contribution in [3.8, 4) is 0 Å². The van der Waals surface area contributed by atoms with Crippen LogP contribution in [-0.2, 0) is 17.1 Å². The van der Waals surface area contributed by atoms with Crippen LogP contribution in [0.5, 0.6) is 0 Å². The van der Waals surface area contributed by atoms with Gasteiger partial charge in [0, 0.05) is 24.9 Å². The Balaban J connectivity index is 2.34. The molecule has 0 saturated heterocycles. The number of aromatic nitrogens is 2. The van der Waals surface area contributed by atoms with Gasteiger partial charge in [-0.15, -0.1) is 0 Å². The first-order chi connectivity index (χ1) is 8.88. The van der Waals surface area contributed by atoms with Gasteiger partial charge in [0.05, 0.1) is 4.90 Å². The number of sulfonamides is 1. The lowest BCUT2D eigenvalue weighted by Crippen LogP contribution is -2.15. The Morgan fingerprint density at radius 2 is 2.16 bits per heavy atom. The number of rotatable bonds is 4. The minimum absolute atomic E-state index is 0.0865. The van der Waals surface area contributed by atoms with Gasteiger partial charge in [-0.3, -0.25) is 9.40 Å². The maximum atomic E-state index is 12.1. The molecule has 0 aliphatic rings. The first kappa shape index (κ1) is 13.5. The fourth-order valence-electron chi connectivity index (χ4n) is 1.48. The van der Waals surface area contributed by atoms with E-state index in [0.717, 1.165) is 0 Å². The third-order valence-corrected chi connectivity index (χ3v) is 3.97. The molecule has 2 aromatic rings. The van der Waals surface area contributed by atoms with Gasteiger partial charge in [0.15, 0.2) is 5.82 Å². The molecule has 0 saturated carbocycles. The van der Waals surface area contributed by atoms with Crippen LogP contribution >= 0.6 is 12.2 Å². The standard InChI is InChI=1S/C11H12N4O2S2/c1-15-6-5-10(13-15)14-19(16,17)9-4-2-3-8(7-9)11(12)18/h2-7H,1H3,(H2,12,18)(H,13,14). The first-order valence-electron chi connectivity index (χ1n) is 5.31. The van der Waals surface area contributed by atoms with Crippen LogP contribution in [-0.4, -0.2) is 23.2 Å². The zero-order valence-corrected chi connectivity index (χ0v) is 11.7. The Kier molecular flexibility index (Phi) is 3.54. The maximum absolute atomic E-state index is 12.1. The van der Waals surface area contributed by atoms with E-state index in [4.69, 9.17) is 18.0 Å². The van der Waals surface area contributed by atoms with Crippen molar-refractivity contribution in [2.75, 3.05) is 4.72 Å². The third kappa shape index (κ3) is 3.09. The van der Waals surface area contributed by atoms with Crippen LogP contribution in [0.25, 0.3) is 0 Å². The summed E-state index contributed by atoms with van der Waals surface area (Å²) in [6.45, 7) is 0. The molecule has 0 bridgehead atoms. The molecule has 0 amide bonds. The Hall–Kier alpha value is -1.93. The van der Waals surface area contributed by atoms with Crippen molar-refractivity contribution in [3.63, 3.8) is 0 Å².